The van der Waals surface area contributed by atoms with Gasteiger partial charge in [-0.15, -0.1) is 0 Å². The molecule has 0 fully saturated rings. The Morgan fingerprint density at radius 2 is 1.92 bits per heavy atom. The molecule has 26 heavy (non-hydrogen) atoms. The van der Waals surface area contributed by atoms with Gasteiger partial charge in [-0.05, 0) is 43.2 Å². The Morgan fingerprint density at radius 3 is 2.62 bits per heavy atom. The van der Waals surface area contributed by atoms with Crippen molar-refractivity contribution in [2.75, 3.05) is 18.5 Å². The van der Waals surface area contributed by atoms with Crippen LogP contribution in [0.2, 0.25) is 0 Å². The number of nitroso groups, excluding NO2 is 1. The molecular weight excluding hydrogens is 351 g/mol. The molecule has 0 radical (unpaired) electrons. The molecule has 2 rings (SSSR count). The maximum atomic E-state index is 14.2. The number of nitrogens with zero attached hydrogens (tertiary/aromatic N) is 1. The minimum Gasteiger partial charge on any atom is -0.350 e. The monoisotopic (exact) mass is 367 g/mol. The van der Waals surface area contributed by atoms with E-state index in [9.17, 15) is 22.9 Å². The molecule has 138 valence electrons. The standard InChI is InChI=1S/C17H16F3N3O3/c1-10-3-6-14(13(19)9-10)22-16-11(4-5-12(18)15(16)20)17(24)23-26-8-2-7-21-25/h3-6,9,22H,2,7-8H2,1H3,(H,23,24). The second-order valence-electron chi connectivity index (χ2n) is 5.38. The summed E-state index contributed by atoms with van der Waals surface area (Å²) in [5.41, 5.74) is 1.77. The number of carbonyl (C=O) groups excluding carboxylic acids is 1. The van der Waals surface area contributed by atoms with Gasteiger partial charge in [-0.25, -0.2) is 18.7 Å². The summed E-state index contributed by atoms with van der Waals surface area (Å²) in [6.45, 7) is 1.70. The van der Waals surface area contributed by atoms with Crippen molar-refractivity contribution in [3.63, 3.8) is 0 Å². The highest BCUT2D eigenvalue weighted by Crippen LogP contribution is 2.28. The Hall–Kier alpha value is -2.94. The lowest BCUT2D eigenvalue weighted by Gasteiger charge is -2.14. The first-order valence-corrected chi connectivity index (χ1v) is 7.66. The number of nitrogens with one attached hydrogen (secondary N) is 2. The summed E-state index contributed by atoms with van der Waals surface area (Å²) in [6.07, 6.45) is 0.279. The van der Waals surface area contributed by atoms with Gasteiger partial charge in [0.2, 0.25) is 0 Å². The number of aryl methyl sites for hydroxylation is 1. The molecule has 0 atom stereocenters. The number of carbonyl (C=O) groups is 1. The molecule has 0 saturated heterocycles. The van der Waals surface area contributed by atoms with Crippen LogP contribution in [-0.2, 0) is 4.84 Å². The van der Waals surface area contributed by atoms with Gasteiger partial charge in [0.05, 0.1) is 30.1 Å². The van der Waals surface area contributed by atoms with Crippen molar-refractivity contribution in [3.05, 3.63) is 63.8 Å². The van der Waals surface area contributed by atoms with E-state index in [1.807, 2.05) is 5.48 Å². The van der Waals surface area contributed by atoms with Gasteiger partial charge in [0.25, 0.3) is 5.91 Å². The maximum Gasteiger partial charge on any atom is 0.277 e. The molecule has 2 aromatic carbocycles. The van der Waals surface area contributed by atoms with E-state index in [1.54, 1.807) is 13.0 Å². The topological polar surface area (TPSA) is 79.8 Å². The van der Waals surface area contributed by atoms with Crippen LogP contribution in [0.5, 0.6) is 0 Å². The Morgan fingerprint density at radius 1 is 1.15 bits per heavy atom. The van der Waals surface area contributed by atoms with Crippen LogP contribution in [0, 0.1) is 29.3 Å². The third-order valence-electron chi connectivity index (χ3n) is 3.38. The van der Waals surface area contributed by atoms with Gasteiger partial charge in [-0.3, -0.25) is 9.63 Å². The molecule has 6 nitrogen and oxygen atoms in total. The first-order valence-electron chi connectivity index (χ1n) is 7.66. The zero-order valence-corrected chi connectivity index (χ0v) is 13.8. The van der Waals surface area contributed by atoms with E-state index < -0.39 is 29.0 Å². The summed E-state index contributed by atoms with van der Waals surface area (Å²) in [4.78, 5) is 26.9. The van der Waals surface area contributed by atoms with Crippen molar-refractivity contribution >= 4 is 17.3 Å². The quantitative estimate of drug-likeness (QED) is 0.420. The fourth-order valence-electron chi connectivity index (χ4n) is 2.09. The van der Waals surface area contributed by atoms with Gasteiger partial charge in [-0.1, -0.05) is 11.2 Å². The predicted octanol–water partition coefficient (Wildman–Crippen LogP) is 3.97. The SMILES string of the molecule is Cc1ccc(Nc2c(C(=O)NOCCCN=O)ccc(F)c2F)c(F)c1. The van der Waals surface area contributed by atoms with Crippen LogP contribution < -0.4 is 10.8 Å². The summed E-state index contributed by atoms with van der Waals surface area (Å²) in [5, 5.41) is 5.03. The molecule has 0 spiro atoms. The van der Waals surface area contributed by atoms with Crippen molar-refractivity contribution in [3.8, 4) is 0 Å². The van der Waals surface area contributed by atoms with Gasteiger partial charge in [-0.2, -0.15) is 4.91 Å². The number of amides is 1. The van der Waals surface area contributed by atoms with Gasteiger partial charge in [0, 0.05) is 0 Å². The number of rotatable bonds is 8. The molecule has 0 aliphatic heterocycles. The number of hydroxylamine groups is 1. The lowest BCUT2D eigenvalue weighted by Crippen LogP contribution is -2.25. The molecule has 0 saturated carbocycles. The van der Waals surface area contributed by atoms with E-state index in [-0.39, 0.29) is 30.8 Å². The van der Waals surface area contributed by atoms with Gasteiger partial charge in [0.15, 0.2) is 11.6 Å². The third kappa shape index (κ3) is 4.79. The second-order valence-corrected chi connectivity index (χ2v) is 5.38. The number of hydrogen-bond acceptors (Lipinski definition) is 5. The smallest absolute Gasteiger partial charge is 0.277 e. The predicted molar refractivity (Wildman–Crippen MR) is 89.5 cm³/mol. The molecule has 0 aromatic heterocycles. The van der Waals surface area contributed by atoms with Crippen molar-refractivity contribution in [2.45, 2.75) is 13.3 Å². The van der Waals surface area contributed by atoms with Crippen LogP contribution in [0.4, 0.5) is 24.5 Å². The van der Waals surface area contributed by atoms with E-state index in [0.29, 0.717) is 5.56 Å². The van der Waals surface area contributed by atoms with Crippen molar-refractivity contribution in [1.82, 2.24) is 5.48 Å². The molecule has 1 amide bonds. The van der Waals surface area contributed by atoms with Crippen LogP contribution in [0.1, 0.15) is 22.3 Å². The number of halogens is 3. The minimum absolute atomic E-state index is 0.0104. The zero-order valence-electron chi connectivity index (χ0n) is 13.8. The lowest BCUT2D eigenvalue weighted by atomic mass is 10.1. The van der Waals surface area contributed by atoms with E-state index in [4.69, 9.17) is 4.84 Å². The maximum absolute atomic E-state index is 14.2. The van der Waals surface area contributed by atoms with Crippen LogP contribution in [0.25, 0.3) is 0 Å². The highest BCUT2D eigenvalue weighted by Gasteiger charge is 2.20. The normalized spacial score (nSPS) is 10.5. The highest BCUT2D eigenvalue weighted by molar-refractivity contribution is 5.99. The third-order valence-corrected chi connectivity index (χ3v) is 3.38. The summed E-state index contributed by atoms with van der Waals surface area (Å²) in [5.74, 6) is -4.08. The lowest BCUT2D eigenvalue weighted by molar-refractivity contribution is 0.0310. The first-order chi connectivity index (χ1) is 12.4. The molecule has 9 heteroatoms. The number of anilines is 2. The highest BCUT2D eigenvalue weighted by atomic mass is 19.2. The van der Waals surface area contributed by atoms with Crippen LogP contribution in [0.15, 0.2) is 35.5 Å². The fourth-order valence-corrected chi connectivity index (χ4v) is 2.09. The molecule has 0 aliphatic carbocycles. The Balaban J connectivity index is 2.23. The first kappa shape index (κ1) is 19.4. The average molecular weight is 367 g/mol. The number of benzene rings is 2. The van der Waals surface area contributed by atoms with Crippen LogP contribution in [-0.4, -0.2) is 19.1 Å². The second kappa shape index (κ2) is 8.95. The Labute approximate surface area is 147 Å². The molecule has 2 aromatic rings. The van der Waals surface area contributed by atoms with Gasteiger partial charge >= 0.3 is 0 Å². The van der Waals surface area contributed by atoms with Crippen molar-refractivity contribution in [2.24, 2.45) is 5.18 Å². The summed E-state index contributed by atoms with van der Waals surface area (Å²) >= 11 is 0. The van der Waals surface area contributed by atoms with Crippen molar-refractivity contribution in [1.29, 1.82) is 0 Å². The average Bonchev–Trinajstić information content (AvgIpc) is 2.60. The molecule has 0 aliphatic rings. The molecule has 0 unspecified atom stereocenters. The number of hydrogen-bond donors (Lipinski definition) is 2. The minimum atomic E-state index is -1.33. The molecule has 2 N–H and O–H groups in total. The molecule has 0 bridgehead atoms. The molecular formula is C17H16F3N3O3. The zero-order chi connectivity index (χ0) is 19.1. The fraction of sp³-hybridized carbons (Fsp3) is 0.235. The van der Waals surface area contributed by atoms with Crippen LogP contribution >= 0.6 is 0 Å². The largest absolute Gasteiger partial charge is 0.350 e. The van der Waals surface area contributed by atoms with E-state index in [2.05, 4.69) is 10.5 Å². The van der Waals surface area contributed by atoms with E-state index in [1.165, 1.54) is 12.1 Å². The summed E-state index contributed by atoms with van der Waals surface area (Å²) < 4.78 is 41.7. The van der Waals surface area contributed by atoms with Gasteiger partial charge < -0.3 is 5.32 Å². The summed E-state index contributed by atoms with van der Waals surface area (Å²) in [7, 11) is 0. The van der Waals surface area contributed by atoms with Gasteiger partial charge in [0.1, 0.15) is 5.82 Å². The Bertz CT molecular complexity index is 815. The summed E-state index contributed by atoms with van der Waals surface area (Å²) in [6, 6.07) is 5.95. The van der Waals surface area contributed by atoms with E-state index in [0.717, 1.165) is 12.1 Å². The van der Waals surface area contributed by atoms with E-state index >= 15 is 0 Å². The Kier molecular flexibility index (Phi) is 6.67. The molecule has 0 heterocycles. The van der Waals surface area contributed by atoms with Crippen molar-refractivity contribution < 1.29 is 22.8 Å². The van der Waals surface area contributed by atoms with Crippen LogP contribution in [0.3, 0.4) is 0 Å².